The predicted octanol–water partition coefficient (Wildman–Crippen LogP) is 5.46. The molecule has 154 valence electrons. The maximum absolute atomic E-state index is 12.0. The molecule has 0 amide bonds. The first-order valence-corrected chi connectivity index (χ1v) is 10.9. The number of allylic oxidation sites excluding steroid dienone is 6. The number of nitrogens with zero attached hydrogens (tertiary/aromatic N) is 1. The highest BCUT2D eigenvalue weighted by atomic mass is 16.5. The summed E-state index contributed by atoms with van der Waals surface area (Å²) >= 11 is 0. The molecule has 28 heavy (non-hydrogen) atoms. The van der Waals surface area contributed by atoms with Gasteiger partial charge in [0.15, 0.2) is 0 Å². The third kappa shape index (κ3) is 5.26. The molecule has 2 fully saturated rings. The first-order chi connectivity index (χ1) is 13.4. The number of hydrogen-bond acceptors (Lipinski definition) is 3. The maximum Gasteiger partial charge on any atom is 0.306 e. The number of likely N-dealkylation sites (tertiary alicyclic amines) is 1. The quantitative estimate of drug-likeness (QED) is 0.451. The summed E-state index contributed by atoms with van der Waals surface area (Å²) < 4.78 is 4.97. The van der Waals surface area contributed by atoms with E-state index in [0.717, 1.165) is 32.2 Å². The van der Waals surface area contributed by atoms with Crippen LogP contribution in [0.4, 0.5) is 0 Å². The Hall–Kier alpha value is -1.61. The van der Waals surface area contributed by atoms with E-state index in [4.69, 9.17) is 4.74 Å². The maximum atomic E-state index is 12.0. The van der Waals surface area contributed by atoms with Gasteiger partial charge in [0, 0.05) is 6.54 Å². The van der Waals surface area contributed by atoms with Gasteiger partial charge in [0.1, 0.15) is 0 Å². The first-order valence-electron chi connectivity index (χ1n) is 10.9. The number of methoxy groups -OCH3 is 1. The Labute approximate surface area is 171 Å². The molecule has 0 N–H and O–H groups in total. The van der Waals surface area contributed by atoms with Crippen molar-refractivity contribution in [3.05, 3.63) is 47.6 Å². The van der Waals surface area contributed by atoms with Crippen molar-refractivity contribution in [1.82, 2.24) is 4.90 Å². The molecule has 1 saturated carbocycles. The van der Waals surface area contributed by atoms with Crippen LogP contribution in [0.5, 0.6) is 0 Å². The second-order valence-corrected chi connectivity index (χ2v) is 9.45. The largest absolute Gasteiger partial charge is 0.469 e. The van der Waals surface area contributed by atoms with E-state index in [1.807, 2.05) is 0 Å². The third-order valence-corrected chi connectivity index (χ3v) is 6.94. The number of ether oxygens (including phenoxy) is 1. The molecule has 1 heterocycles. The normalized spacial score (nSPS) is 31.1. The lowest BCUT2D eigenvalue weighted by Crippen LogP contribution is -2.35. The smallest absolute Gasteiger partial charge is 0.306 e. The number of hydrogen-bond donors (Lipinski definition) is 0. The Morgan fingerprint density at radius 3 is 2.75 bits per heavy atom. The molecule has 3 heteroatoms. The van der Waals surface area contributed by atoms with E-state index in [2.05, 4.69) is 49.6 Å². The van der Waals surface area contributed by atoms with E-state index in [1.165, 1.54) is 49.8 Å². The summed E-state index contributed by atoms with van der Waals surface area (Å²) in [6.45, 7) is 12.3. The van der Waals surface area contributed by atoms with Crippen LogP contribution in [0.1, 0.15) is 58.8 Å². The molecule has 0 bridgehead atoms. The Kier molecular flexibility index (Phi) is 6.98. The van der Waals surface area contributed by atoms with Crippen molar-refractivity contribution >= 4 is 5.97 Å². The SMILES string of the molecule is C=C(C)[C@@H]1CC[C@@](C)(CC(=O)OC)C[C@H]1C1=CC=C(CN2CCCC2)CC=C1. The van der Waals surface area contributed by atoms with E-state index < -0.39 is 0 Å². The van der Waals surface area contributed by atoms with Gasteiger partial charge in [-0.2, -0.15) is 0 Å². The molecule has 0 radical (unpaired) electrons. The minimum atomic E-state index is -0.0896. The minimum Gasteiger partial charge on any atom is -0.469 e. The van der Waals surface area contributed by atoms with E-state index in [1.54, 1.807) is 0 Å². The number of esters is 1. The third-order valence-electron chi connectivity index (χ3n) is 6.94. The molecule has 2 aliphatic carbocycles. The Balaban J connectivity index is 1.78. The monoisotopic (exact) mass is 383 g/mol. The summed E-state index contributed by atoms with van der Waals surface area (Å²) in [6, 6.07) is 0. The second kappa shape index (κ2) is 9.26. The summed E-state index contributed by atoms with van der Waals surface area (Å²) in [5.74, 6) is 0.836. The fraction of sp³-hybridized carbons (Fsp3) is 0.640. The van der Waals surface area contributed by atoms with Crippen LogP contribution in [0.2, 0.25) is 0 Å². The van der Waals surface area contributed by atoms with Gasteiger partial charge in [0.05, 0.1) is 13.5 Å². The van der Waals surface area contributed by atoms with Gasteiger partial charge in [0.25, 0.3) is 0 Å². The standard InChI is InChI=1S/C25H37NO2/c1-19(2)22-12-13-25(3,17-24(27)28-4)16-23(22)21-9-7-8-20(10-11-21)18-26-14-5-6-15-26/h7,9-11,22-23H,1,5-6,8,12-18H2,2-4H3/t22-,23-,25+/m0/s1. The van der Waals surface area contributed by atoms with Crippen molar-refractivity contribution < 1.29 is 9.53 Å². The molecular formula is C25H37NO2. The van der Waals surface area contributed by atoms with Crippen molar-refractivity contribution in [2.75, 3.05) is 26.7 Å². The highest BCUT2D eigenvalue weighted by molar-refractivity contribution is 5.70. The Morgan fingerprint density at radius 2 is 2.07 bits per heavy atom. The number of carbonyl (C=O) groups is 1. The van der Waals surface area contributed by atoms with Crippen LogP contribution >= 0.6 is 0 Å². The summed E-state index contributed by atoms with van der Waals surface area (Å²) in [5, 5.41) is 0. The lowest BCUT2D eigenvalue weighted by molar-refractivity contribution is -0.144. The molecule has 1 saturated heterocycles. The summed E-state index contributed by atoms with van der Waals surface area (Å²) in [6.07, 6.45) is 16.8. The van der Waals surface area contributed by atoms with E-state index in [9.17, 15) is 4.79 Å². The van der Waals surface area contributed by atoms with Gasteiger partial charge in [-0.3, -0.25) is 9.69 Å². The molecule has 3 atom stereocenters. The van der Waals surface area contributed by atoms with Gasteiger partial charge in [-0.05, 0) is 81.4 Å². The average Bonchev–Trinajstić information content (AvgIpc) is 3.05. The molecule has 3 aliphatic rings. The zero-order valence-electron chi connectivity index (χ0n) is 18.0. The summed E-state index contributed by atoms with van der Waals surface area (Å²) in [5.41, 5.74) is 4.19. The van der Waals surface area contributed by atoms with E-state index in [0.29, 0.717) is 18.3 Å². The summed E-state index contributed by atoms with van der Waals surface area (Å²) in [4.78, 5) is 14.5. The van der Waals surface area contributed by atoms with Gasteiger partial charge in [-0.15, -0.1) is 0 Å². The van der Waals surface area contributed by atoms with Crippen LogP contribution in [-0.2, 0) is 9.53 Å². The Morgan fingerprint density at radius 1 is 1.32 bits per heavy atom. The second-order valence-electron chi connectivity index (χ2n) is 9.45. The highest BCUT2D eigenvalue weighted by Gasteiger charge is 2.40. The molecule has 3 nitrogen and oxygen atoms in total. The van der Waals surface area contributed by atoms with Crippen LogP contribution in [-0.4, -0.2) is 37.6 Å². The van der Waals surface area contributed by atoms with Crippen LogP contribution in [0, 0.1) is 17.3 Å². The van der Waals surface area contributed by atoms with Crippen molar-refractivity contribution in [3.8, 4) is 0 Å². The van der Waals surface area contributed by atoms with Crippen LogP contribution in [0.25, 0.3) is 0 Å². The molecule has 0 aromatic rings. The first kappa shape index (κ1) is 21.1. The van der Waals surface area contributed by atoms with Crippen molar-refractivity contribution in [2.24, 2.45) is 17.3 Å². The fourth-order valence-corrected chi connectivity index (χ4v) is 5.28. The average molecular weight is 384 g/mol. The van der Waals surface area contributed by atoms with E-state index >= 15 is 0 Å². The van der Waals surface area contributed by atoms with Gasteiger partial charge in [0.2, 0.25) is 0 Å². The molecule has 0 spiro atoms. The molecule has 3 rings (SSSR count). The molecule has 0 unspecified atom stereocenters. The minimum absolute atomic E-state index is 0.00674. The topological polar surface area (TPSA) is 29.5 Å². The van der Waals surface area contributed by atoms with Gasteiger partial charge < -0.3 is 4.74 Å². The van der Waals surface area contributed by atoms with Crippen LogP contribution in [0.15, 0.2) is 47.6 Å². The molecule has 0 aromatic carbocycles. The van der Waals surface area contributed by atoms with Gasteiger partial charge in [-0.25, -0.2) is 0 Å². The van der Waals surface area contributed by atoms with Gasteiger partial charge >= 0.3 is 5.97 Å². The predicted molar refractivity (Wildman–Crippen MR) is 116 cm³/mol. The zero-order valence-corrected chi connectivity index (χ0v) is 18.0. The van der Waals surface area contributed by atoms with Crippen molar-refractivity contribution in [3.63, 3.8) is 0 Å². The van der Waals surface area contributed by atoms with Crippen molar-refractivity contribution in [2.45, 2.75) is 58.8 Å². The van der Waals surface area contributed by atoms with Crippen LogP contribution in [0.3, 0.4) is 0 Å². The number of carbonyl (C=O) groups excluding carboxylic acids is 1. The lowest BCUT2D eigenvalue weighted by atomic mass is 9.61. The molecule has 0 aromatic heterocycles. The van der Waals surface area contributed by atoms with Gasteiger partial charge in [-0.1, -0.05) is 49.0 Å². The van der Waals surface area contributed by atoms with Crippen molar-refractivity contribution in [1.29, 1.82) is 0 Å². The molecule has 1 aliphatic heterocycles. The zero-order chi connectivity index (χ0) is 20.1. The lowest BCUT2D eigenvalue weighted by Gasteiger charge is -2.43. The summed E-state index contributed by atoms with van der Waals surface area (Å²) in [7, 11) is 1.49. The van der Waals surface area contributed by atoms with Crippen LogP contribution < -0.4 is 0 Å². The molecular weight excluding hydrogens is 346 g/mol. The van der Waals surface area contributed by atoms with E-state index in [-0.39, 0.29) is 11.4 Å². The highest BCUT2D eigenvalue weighted by Crippen LogP contribution is 2.49. The Bertz CT molecular complexity index is 681. The number of rotatable bonds is 6. The fourth-order valence-electron chi connectivity index (χ4n) is 5.28.